The molecule has 0 aliphatic carbocycles. The zero-order valence-corrected chi connectivity index (χ0v) is 22.0. The predicted molar refractivity (Wildman–Crippen MR) is 150 cm³/mol. The van der Waals surface area contributed by atoms with E-state index in [-0.39, 0.29) is 39.1 Å². The van der Waals surface area contributed by atoms with E-state index in [0.29, 0.717) is 36.0 Å². The highest BCUT2D eigenvalue weighted by Gasteiger charge is 2.22. The largest absolute Gasteiger partial charge is 0.486 e. The van der Waals surface area contributed by atoms with Crippen LogP contribution in [0.1, 0.15) is 47.0 Å². The van der Waals surface area contributed by atoms with Gasteiger partial charge in [0, 0.05) is 17.4 Å². The van der Waals surface area contributed by atoms with Crippen molar-refractivity contribution < 1.29 is 43.3 Å². The Hall–Kier alpha value is -6.22. The molecule has 5 rings (SSSR count). The second-order valence-corrected chi connectivity index (χ2v) is 9.24. The van der Waals surface area contributed by atoms with Gasteiger partial charge in [0.2, 0.25) is 0 Å². The summed E-state index contributed by atoms with van der Waals surface area (Å²) in [5.41, 5.74) is -0.337. The Kier molecular flexibility index (Phi) is 7.71. The number of hydrogen-bond acceptors (Lipinski definition) is 7. The fraction of sp³-hybridized carbons (Fsp3) is 0.0645. The van der Waals surface area contributed by atoms with Gasteiger partial charge in [-0.1, -0.05) is 12.1 Å². The number of ether oxygens (including phenoxy) is 2. The number of rotatable bonds is 7. The van der Waals surface area contributed by atoms with Gasteiger partial charge >= 0.3 is 11.9 Å². The molecule has 0 aromatic heterocycles. The minimum absolute atomic E-state index is 0.0527. The van der Waals surface area contributed by atoms with Gasteiger partial charge in [0.15, 0.2) is 11.5 Å². The number of halogens is 1. The molecule has 1 heterocycles. The van der Waals surface area contributed by atoms with E-state index >= 15 is 0 Å². The highest BCUT2D eigenvalue weighted by molar-refractivity contribution is 6.13. The lowest BCUT2D eigenvalue weighted by Gasteiger charge is -2.19. The number of carboxylic acid groups (broad SMARTS) is 2. The molecule has 214 valence electrons. The third kappa shape index (κ3) is 6.10. The Morgan fingerprint density at radius 1 is 0.674 bits per heavy atom. The molecule has 11 nitrogen and oxygen atoms in total. The van der Waals surface area contributed by atoms with Crippen molar-refractivity contribution in [2.45, 2.75) is 0 Å². The average Bonchev–Trinajstić information content (AvgIpc) is 2.99. The van der Waals surface area contributed by atoms with Gasteiger partial charge in [0.25, 0.3) is 11.8 Å². The Bertz CT molecular complexity index is 1860. The van der Waals surface area contributed by atoms with E-state index in [4.69, 9.17) is 14.7 Å². The molecule has 0 radical (unpaired) electrons. The Balaban J connectivity index is 1.49. The molecule has 12 heteroatoms. The average molecular weight is 582 g/mol. The summed E-state index contributed by atoms with van der Waals surface area (Å²) in [7, 11) is 0. The molecule has 2 amide bonds. The SMILES string of the molecule is N#Cc1cc(F)cc(NC(=O)c2cc(-c3ccc(C(=O)O)c(C(=O)Nc4ccc5c(c4)OCCO5)c3)ccc2C(=O)O)c1. The molecule has 0 bridgehead atoms. The minimum Gasteiger partial charge on any atom is -0.486 e. The summed E-state index contributed by atoms with van der Waals surface area (Å²) in [4.78, 5) is 50.2. The van der Waals surface area contributed by atoms with Crippen LogP contribution < -0.4 is 20.1 Å². The normalized spacial score (nSPS) is 11.6. The van der Waals surface area contributed by atoms with Crippen LogP contribution in [0.3, 0.4) is 0 Å². The molecule has 4 aromatic rings. The minimum atomic E-state index is -1.41. The van der Waals surface area contributed by atoms with Crippen molar-refractivity contribution in [3.63, 3.8) is 0 Å². The third-order valence-corrected chi connectivity index (χ3v) is 6.41. The number of nitriles is 1. The smallest absolute Gasteiger partial charge is 0.336 e. The van der Waals surface area contributed by atoms with Gasteiger partial charge in [-0.05, 0) is 65.7 Å². The summed E-state index contributed by atoms with van der Waals surface area (Å²) in [6.45, 7) is 0.719. The monoisotopic (exact) mass is 581 g/mol. The zero-order chi connectivity index (χ0) is 30.7. The maximum atomic E-state index is 13.9. The molecule has 4 aromatic carbocycles. The van der Waals surface area contributed by atoms with Gasteiger partial charge in [-0.3, -0.25) is 9.59 Å². The first-order valence-corrected chi connectivity index (χ1v) is 12.6. The van der Waals surface area contributed by atoms with Crippen LogP contribution in [0.5, 0.6) is 11.5 Å². The predicted octanol–water partition coefficient (Wildman–Crippen LogP) is 5.04. The van der Waals surface area contributed by atoms with Gasteiger partial charge in [-0.15, -0.1) is 0 Å². The summed E-state index contributed by atoms with van der Waals surface area (Å²) in [6, 6.07) is 17.4. The number of carbonyl (C=O) groups excluding carboxylic acids is 2. The Morgan fingerprint density at radius 2 is 1.23 bits per heavy atom. The maximum Gasteiger partial charge on any atom is 0.336 e. The van der Waals surface area contributed by atoms with Gasteiger partial charge in [-0.2, -0.15) is 5.26 Å². The molecule has 0 saturated carbocycles. The lowest BCUT2D eigenvalue weighted by molar-refractivity contribution is 0.0683. The van der Waals surface area contributed by atoms with Crippen molar-refractivity contribution in [2.75, 3.05) is 23.8 Å². The maximum absolute atomic E-state index is 13.9. The van der Waals surface area contributed by atoms with Crippen LogP contribution in [0.2, 0.25) is 0 Å². The number of hydrogen-bond donors (Lipinski definition) is 4. The number of carbonyl (C=O) groups is 4. The Morgan fingerprint density at radius 3 is 1.79 bits per heavy atom. The molecule has 0 unspecified atom stereocenters. The highest BCUT2D eigenvalue weighted by atomic mass is 19.1. The Labute approximate surface area is 242 Å². The molecule has 0 fully saturated rings. The molecule has 0 atom stereocenters. The second kappa shape index (κ2) is 11.7. The number of nitrogens with one attached hydrogen (secondary N) is 2. The van der Waals surface area contributed by atoms with E-state index in [0.717, 1.165) is 12.1 Å². The van der Waals surface area contributed by atoms with Gasteiger partial charge < -0.3 is 30.3 Å². The van der Waals surface area contributed by atoms with Crippen molar-refractivity contribution in [3.8, 4) is 28.7 Å². The topological polar surface area (TPSA) is 175 Å². The van der Waals surface area contributed by atoms with Crippen LogP contribution in [-0.4, -0.2) is 47.2 Å². The fourth-order valence-electron chi connectivity index (χ4n) is 4.44. The van der Waals surface area contributed by atoms with Gasteiger partial charge in [0.1, 0.15) is 19.0 Å². The van der Waals surface area contributed by atoms with E-state index in [1.54, 1.807) is 24.3 Å². The third-order valence-electron chi connectivity index (χ3n) is 6.41. The molecular weight excluding hydrogens is 561 g/mol. The second-order valence-electron chi connectivity index (χ2n) is 9.24. The summed E-state index contributed by atoms with van der Waals surface area (Å²) < 4.78 is 24.9. The first kappa shape index (κ1) is 28.3. The summed E-state index contributed by atoms with van der Waals surface area (Å²) in [5, 5.41) is 33.5. The first-order chi connectivity index (χ1) is 20.6. The van der Waals surface area contributed by atoms with E-state index in [1.807, 2.05) is 0 Å². The molecule has 0 spiro atoms. The molecule has 43 heavy (non-hydrogen) atoms. The van der Waals surface area contributed by atoms with Crippen molar-refractivity contribution in [3.05, 3.63) is 106 Å². The van der Waals surface area contributed by atoms with E-state index in [1.165, 1.54) is 42.5 Å². The van der Waals surface area contributed by atoms with E-state index in [2.05, 4.69) is 10.6 Å². The van der Waals surface area contributed by atoms with Crippen molar-refractivity contribution >= 4 is 35.1 Å². The van der Waals surface area contributed by atoms with Crippen LogP contribution in [0, 0.1) is 17.1 Å². The molecule has 4 N–H and O–H groups in total. The number of nitrogens with zero attached hydrogens (tertiary/aromatic N) is 1. The van der Waals surface area contributed by atoms with E-state index in [9.17, 15) is 33.8 Å². The lowest BCUT2D eigenvalue weighted by atomic mass is 9.95. The van der Waals surface area contributed by atoms with Gasteiger partial charge in [0.05, 0.1) is 33.9 Å². The molecular formula is C31H20FN3O8. The lowest BCUT2D eigenvalue weighted by Crippen LogP contribution is -2.18. The molecule has 1 aliphatic rings. The highest BCUT2D eigenvalue weighted by Crippen LogP contribution is 2.33. The van der Waals surface area contributed by atoms with Crippen molar-refractivity contribution in [2.24, 2.45) is 0 Å². The van der Waals surface area contributed by atoms with Crippen LogP contribution >= 0.6 is 0 Å². The standard InChI is InChI=1S/C31H20FN3O8/c32-19-9-16(15-33)10-21(13-19)35-29(37)25-12-18(2-5-23(25)31(40)41)17-1-4-22(30(38)39)24(11-17)28(36)34-20-3-6-26-27(14-20)43-8-7-42-26/h1-6,9-14H,7-8H2,(H,34,36)(H,35,37)(H,38,39)(H,40,41). The number of anilines is 2. The van der Waals surface area contributed by atoms with Crippen LogP contribution in [-0.2, 0) is 0 Å². The zero-order valence-electron chi connectivity index (χ0n) is 22.0. The number of fused-ring (bicyclic) bond motifs is 1. The molecule has 1 aliphatic heterocycles. The number of aromatic carboxylic acids is 2. The number of carboxylic acids is 2. The fourth-order valence-corrected chi connectivity index (χ4v) is 4.44. The quantitative estimate of drug-likeness (QED) is 0.233. The van der Waals surface area contributed by atoms with E-state index < -0.39 is 29.6 Å². The number of benzene rings is 4. The van der Waals surface area contributed by atoms with Crippen LogP contribution in [0.25, 0.3) is 11.1 Å². The number of amides is 2. The van der Waals surface area contributed by atoms with Crippen molar-refractivity contribution in [1.82, 2.24) is 0 Å². The first-order valence-electron chi connectivity index (χ1n) is 12.6. The summed E-state index contributed by atoms with van der Waals surface area (Å²) >= 11 is 0. The molecule has 0 saturated heterocycles. The van der Waals surface area contributed by atoms with Crippen molar-refractivity contribution in [1.29, 1.82) is 5.26 Å². The summed E-state index contributed by atoms with van der Waals surface area (Å²) in [5.74, 6) is -4.25. The van der Waals surface area contributed by atoms with Crippen LogP contribution in [0.15, 0.2) is 72.8 Å². The van der Waals surface area contributed by atoms with Gasteiger partial charge in [-0.25, -0.2) is 14.0 Å². The van der Waals surface area contributed by atoms with Crippen LogP contribution in [0.4, 0.5) is 15.8 Å². The summed E-state index contributed by atoms with van der Waals surface area (Å²) in [6.07, 6.45) is 0.